The summed E-state index contributed by atoms with van der Waals surface area (Å²) in [6.45, 7) is 7.18. The fourth-order valence-electron chi connectivity index (χ4n) is 2.86. The van der Waals surface area contributed by atoms with Crippen LogP contribution < -0.4 is 5.73 Å². The van der Waals surface area contributed by atoms with Gasteiger partial charge < -0.3 is 10.6 Å². The monoisotopic (exact) mass is 305 g/mol. The summed E-state index contributed by atoms with van der Waals surface area (Å²) in [6.07, 6.45) is 0.918. The molecule has 4 nitrogen and oxygen atoms in total. The molecule has 1 fully saturated rings. The van der Waals surface area contributed by atoms with Crippen molar-refractivity contribution in [3.8, 4) is 0 Å². The Labute approximate surface area is 131 Å². The van der Waals surface area contributed by atoms with Crippen LogP contribution in [0.4, 0.5) is 0 Å². The normalized spacial score (nSPS) is 17.5. The lowest BCUT2D eigenvalue weighted by Crippen LogP contribution is -2.54. The molecule has 21 heavy (non-hydrogen) atoms. The van der Waals surface area contributed by atoms with Crippen molar-refractivity contribution in [1.29, 1.82) is 0 Å². The highest BCUT2D eigenvalue weighted by Crippen LogP contribution is 2.15. The maximum absolute atomic E-state index is 12.6. The highest BCUT2D eigenvalue weighted by molar-refractivity contribution is 7.80. The number of hydrogen-bond acceptors (Lipinski definition) is 3. The minimum atomic E-state index is 0.121. The largest absolute Gasteiger partial charge is 0.392 e. The Morgan fingerprint density at radius 3 is 2.43 bits per heavy atom. The van der Waals surface area contributed by atoms with E-state index in [1.165, 1.54) is 0 Å². The van der Waals surface area contributed by atoms with Crippen LogP contribution >= 0.6 is 12.2 Å². The topological polar surface area (TPSA) is 49.6 Å². The van der Waals surface area contributed by atoms with Gasteiger partial charge in [0.1, 0.15) is 0 Å². The number of hydrogen-bond donors (Lipinski definition) is 1. The van der Waals surface area contributed by atoms with Gasteiger partial charge in [-0.25, -0.2) is 0 Å². The standard InChI is InChI=1S/C16H23N3OS/c1-3-14(15(17)21)18-8-10-19(11-9-18)16(20)13-7-5-4-6-12(13)2/h4-7,14H,3,8-11H2,1-2H3,(H2,17,21). The van der Waals surface area contributed by atoms with Crippen LogP contribution in [0.15, 0.2) is 24.3 Å². The zero-order valence-corrected chi connectivity index (χ0v) is 13.5. The summed E-state index contributed by atoms with van der Waals surface area (Å²) in [6, 6.07) is 7.89. The van der Waals surface area contributed by atoms with E-state index in [1.54, 1.807) is 0 Å². The van der Waals surface area contributed by atoms with Crippen LogP contribution in [0.3, 0.4) is 0 Å². The van der Waals surface area contributed by atoms with Gasteiger partial charge in [-0.1, -0.05) is 37.3 Å². The Hall–Kier alpha value is -1.46. The van der Waals surface area contributed by atoms with E-state index in [1.807, 2.05) is 36.1 Å². The number of thiocarbonyl (C=S) groups is 1. The van der Waals surface area contributed by atoms with E-state index in [4.69, 9.17) is 18.0 Å². The molecule has 0 aliphatic carbocycles. The summed E-state index contributed by atoms with van der Waals surface area (Å²) in [4.78, 5) is 17.3. The van der Waals surface area contributed by atoms with Gasteiger partial charge in [-0.2, -0.15) is 0 Å². The molecule has 2 N–H and O–H groups in total. The van der Waals surface area contributed by atoms with Crippen molar-refractivity contribution in [3.63, 3.8) is 0 Å². The number of nitrogens with zero attached hydrogens (tertiary/aromatic N) is 2. The number of aryl methyl sites for hydroxylation is 1. The highest BCUT2D eigenvalue weighted by atomic mass is 32.1. The molecule has 0 spiro atoms. The average molecular weight is 305 g/mol. The van der Waals surface area contributed by atoms with Gasteiger partial charge in [-0.3, -0.25) is 9.69 Å². The molecule has 1 unspecified atom stereocenters. The third kappa shape index (κ3) is 3.60. The number of piperazine rings is 1. The SMILES string of the molecule is CCC(C(N)=S)N1CCN(C(=O)c2ccccc2C)CC1. The molecule has 114 valence electrons. The zero-order chi connectivity index (χ0) is 15.4. The third-order valence-electron chi connectivity index (χ3n) is 4.13. The Morgan fingerprint density at radius 2 is 1.90 bits per heavy atom. The number of carbonyl (C=O) groups excluding carboxylic acids is 1. The van der Waals surface area contributed by atoms with Gasteiger partial charge in [0.2, 0.25) is 0 Å². The van der Waals surface area contributed by atoms with Crippen LogP contribution in [0.1, 0.15) is 29.3 Å². The van der Waals surface area contributed by atoms with Crippen molar-refractivity contribution < 1.29 is 4.79 Å². The summed E-state index contributed by atoms with van der Waals surface area (Å²) in [7, 11) is 0. The number of carbonyl (C=O) groups is 1. The van der Waals surface area contributed by atoms with E-state index in [2.05, 4.69) is 11.8 Å². The second kappa shape index (κ2) is 7.00. The molecular weight excluding hydrogens is 282 g/mol. The molecule has 1 aliphatic rings. The Balaban J connectivity index is 2.00. The van der Waals surface area contributed by atoms with Crippen molar-refractivity contribution in [2.24, 2.45) is 5.73 Å². The summed E-state index contributed by atoms with van der Waals surface area (Å²) in [5, 5.41) is 0. The molecule has 1 aromatic rings. The fourth-order valence-corrected chi connectivity index (χ4v) is 3.17. The molecule has 1 amide bonds. The molecule has 0 saturated carbocycles. The lowest BCUT2D eigenvalue weighted by Gasteiger charge is -2.38. The summed E-state index contributed by atoms with van der Waals surface area (Å²) < 4.78 is 0. The molecule has 1 saturated heterocycles. The number of rotatable bonds is 4. The van der Waals surface area contributed by atoms with Crippen molar-refractivity contribution in [2.75, 3.05) is 26.2 Å². The van der Waals surface area contributed by atoms with Crippen LogP contribution in [0.2, 0.25) is 0 Å². The molecule has 0 aromatic heterocycles. The first kappa shape index (κ1) is 15.9. The van der Waals surface area contributed by atoms with Crippen molar-refractivity contribution >= 4 is 23.1 Å². The lowest BCUT2D eigenvalue weighted by molar-refractivity contribution is 0.0611. The molecular formula is C16H23N3OS. The van der Waals surface area contributed by atoms with Crippen molar-refractivity contribution in [2.45, 2.75) is 26.3 Å². The van der Waals surface area contributed by atoms with Gasteiger partial charge in [0.15, 0.2) is 0 Å². The first-order valence-corrected chi connectivity index (χ1v) is 7.83. The van der Waals surface area contributed by atoms with E-state index >= 15 is 0 Å². The minimum Gasteiger partial charge on any atom is -0.392 e. The van der Waals surface area contributed by atoms with Crippen LogP contribution in [-0.4, -0.2) is 52.9 Å². The zero-order valence-electron chi connectivity index (χ0n) is 12.7. The summed E-state index contributed by atoms with van der Waals surface area (Å²) in [5.41, 5.74) is 7.62. The van der Waals surface area contributed by atoms with Crippen LogP contribution in [-0.2, 0) is 0 Å². The highest BCUT2D eigenvalue weighted by Gasteiger charge is 2.27. The fraction of sp³-hybridized carbons (Fsp3) is 0.500. The molecule has 0 bridgehead atoms. The number of nitrogens with two attached hydrogens (primary N) is 1. The smallest absolute Gasteiger partial charge is 0.254 e. The van der Waals surface area contributed by atoms with Crippen LogP contribution in [0.5, 0.6) is 0 Å². The van der Waals surface area contributed by atoms with E-state index < -0.39 is 0 Å². The second-order valence-electron chi connectivity index (χ2n) is 5.47. The molecule has 1 atom stereocenters. The maximum atomic E-state index is 12.6. The maximum Gasteiger partial charge on any atom is 0.254 e. The third-order valence-corrected chi connectivity index (χ3v) is 4.40. The van der Waals surface area contributed by atoms with Crippen molar-refractivity contribution in [3.05, 3.63) is 35.4 Å². The van der Waals surface area contributed by atoms with E-state index in [0.29, 0.717) is 4.99 Å². The minimum absolute atomic E-state index is 0.121. The average Bonchev–Trinajstić information content (AvgIpc) is 2.48. The van der Waals surface area contributed by atoms with Crippen molar-refractivity contribution in [1.82, 2.24) is 9.80 Å². The van der Waals surface area contributed by atoms with Crippen LogP contribution in [0, 0.1) is 6.92 Å². The quantitative estimate of drug-likeness (QED) is 0.862. The van der Waals surface area contributed by atoms with E-state index in [9.17, 15) is 4.79 Å². The molecule has 1 aliphatic heterocycles. The number of benzene rings is 1. The first-order chi connectivity index (χ1) is 10.0. The van der Waals surface area contributed by atoms with Gasteiger partial charge in [0.25, 0.3) is 5.91 Å². The predicted octanol–water partition coefficient (Wildman–Crippen LogP) is 1.82. The second-order valence-corrected chi connectivity index (χ2v) is 5.94. The molecule has 1 heterocycles. The molecule has 2 rings (SSSR count). The van der Waals surface area contributed by atoms with E-state index in [0.717, 1.165) is 43.7 Å². The lowest BCUT2D eigenvalue weighted by atomic mass is 10.1. The first-order valence-electron chi connectivity index (χ1n) is 7.43. The van der Waals surface area contributed by atoms with Gasteiger partial charge in [-0.15, -0.1) is 0 Å². The Kier molecular flexibility index (Phi) is 5.31. The van der Waals surface area contributed by atoms with Crippen LogP contribution in [0.25, 0.3) is 0 Å². The Morgan fingerprint density at radius 1 is 1.29 bits per heavy atom. The van der Waals surface area contributed by atoms with Gasteiger partial charge >= 0.3 is 0 Å². The van der Waals surface area contributed by atoms with Gasteiger partial charge in [0.05, 0.1) is 11.0 Å². The summed E-state index contributed by atoms with van der Waals surface area (Å²) in [5.74, 6) is 0.121. The van der Waals surface area contributed by atoms with Gasteiger partial charge in [-0.05, 0) is 25.0 Å². The Bertz CT molecular complexity index is 524. The molecule has 1 aromatic carbocycles. The molecule has 5 heteroatoms. The van der Waals surface area contributed by atoms with E-state index in [-0.39, 0.29) is 11.9 Å². The van der Waals surface area contributed by atoms with Gasteiger partial charge in [0, 0.05) is 31.7 Å². The predicted molar refractivity (Wildman–Crippen MR) is 89.5 cm³/mol. The number of amides is 1. The molecule has 0 radical (unpaired) electrons. The summed E-state index contributed by atoms with van der Waals surface area (Å²) >= 11 is 5.13.